The SMILES string of the molecule is C.C.COC(=O)/C=C/c1cccc([N+](=O)[O-])c1.COC(=O)CP(=O)(OC)OC.O=Cc1cccc([N+](=O)[O-])c1. The molecule has 0 heterocycles. The van der Waals surface area contributed by atoms with E-state index >= 15 is 0 Å². The molecule has 14 nitrogen and oxygen atoms in total. The standard InChI is InChI=1S/C10H9NO4.C7H5NO3.C5H11O5P.2CH4/c1-15-10(12)6-5-8-3-2-4-9(7-8)11(13)14;9-5-6-2-1-3-7(4-6)8(10)11;1-8-5(6)4-11(7,9-2)10-3;;/h2-7H,1H3;1-5H;4H2,1-3H3;2*1H4/b6-5+;;;;. The molecule has 2 rings (SSSR count). The molecule has 0 amide bonds. The highest BCUT2D eigenvalue weighted by atomic mass is 31.2. The quantitative estimate of drug-likeness (QED) is 0.0965. The van der Waals surface area contributed by atoms with Crippen LogP contribution in [0.4, 0.5) is 11.4 Å². The summed E-state index contributed by atoms with van der Waals surface area (Å²) in [7, 11) is 1.67. The molecule has 0 atom stereocenters. The molecule has 216 valence electrons. The number of nitrogens with zero attached hydrogens (tertiary/aromatic N) is 2. The molecule has 15 heteroatoms. The van der Waals surface area contributed by atoms with Crippen LogP contribution in [0.5, 0.6) is 0 Å². The Labute approximate surface area is 226 Å². The van der Waals surface area contributed by atoms with Crippen molar-refractivity contribution >= 4 is 43.3 Å². The van der Waals surface area contributed by atoms with E-state index in [9.17, 15) is 39.2 Å². The summed E-state index contributed by atoms with van der Waals surface area (Å²) in [5.74, 6) is -1.11. The van der Waals surface area contributed by atoms with Crippen LogP contribution in [0.25, 0.3) is 6.08 Å². The van der Waals surface area contributed by atoms with Crippen molar-refractivity contribution in [3.05, 3.63) is 86.0 Å². The molecular weight excluding hydrogens is 539 g/mol. The number of hydrogen-bond donors (Lipinski definition) is 0. The Morgan fingerprint density at radius 2 is 1.31 bits per heavy atom. The van der Waals surface area contributed by atoms with Gasteiger partial charge in [-0.3, -0.25) is 34.4 Å². The van der Waals surface area contributed by atoms with Gasteiger partial charge in [0.05, 0.1) is 24.1 Å². The van der Waals surface area contributed by atoms with Crippen LogP contribution in [0.2, 0.25) is 0 Å². The Bertz CT molecular complexity index is 1160. The topological polar surface area (TPSA) is 191 Å². The molecule has 0 saturated heterocycles. The Morgan fingerprint density at radius 3 is 1.69 bits per heavy atom. The van der Waals surface area contributed by atoms with Gasteiger partial charge in [0.1, 0.15) is 12.4 Å². The zero-order valence-electron chi connectivity index (χ0n) is 20.3. The fourth-order valence-corrected chi connectivity index (χ4v) is 2.96. The summed E-state index contributed by atoms with van der Waals surface area (Å²) in [5.41, 5.74) is 0.824. The molecule has 0 aliphatic rings. The smallest absolute Gasteiger partial charge is 0.341 e. The Morgan fingerprint density at radius 1 is 0.846 bits per heavy atom. The number of benzene rings is 2. The van der Waals surface area contributed by atoms with Gasteiger partial charge in [0.25, 0.3) is 11.4 Å². The van der Waals surface area contributed by atoms with E-state index in [1.54, 1.807) is 12.1 Å². The molecule has 0 radical (unpaired) electrons. The third-order valence-electron chi connectivity index (χ3n) is 4.02. The van der Waals surface area contributed by atoms with Gasteiger partial charge in [-0.25, -0.2) is 4.79 Å². The molecule has 39 heavy (non-hydrogen) atoms. The minimum Gasteiger partial charge on any atom is -0.469 e. The fraction of sp³-hybridized carbons (Fsp3) is 0.292. The highest BCUT2D eigenvalue weighted by Gasteiger charge is 2.25. The number of ether oxygens (including phenoxy) is 2. The summed E-state index contributed by atoms with van der Waals surface area (Å²) < 4.78 is 28.8. The number of carbonyl (C=O) groups is 3. The molecule has 2 aromatic rings. The van der Waals surface area contributed by atoms with Gasteiger partial charge in [0.15, 0.2) is 0 Å². The average Bonchev–Trinajstić information content (AvgIpc) is 2.92. The Kier molecular flexibility index (Phi) is 20.9. The molecule has 2 aromatic carbocycles. The van der Waals surface area contributed by atoms with Gasteiger partial charge in [0.2, 0.25) is 0 Å². The van der Waals surface area contributed by atoms with E-state index in [1.165, 1.54) is 77.0 Å². The van der Waals surface area contributed by atoms with Gasteiger partial charge in [0, 0.05) is 50.1 Å². The van der Waals surface area contributed by atoms with Crippen molar-refractivity contribution in [3.8, 4) is 0 Å². The van der Waals surface area contributed by atoms with Crippen molar-refractivity contribution in [1.29, 1.82) is 0 Å². The van der Waals surface area contributed by atoms with Crippen molar-refractivity contribution in [3.63, 3.8) is 0 Å². The van der Waals surface area contributed by atoms with Gasteiger partial charge >= 0.3 is 19.5 Å². The lowest BCUT2D eigenvalue weighted by atomic mass is 10.2. The van der Waals surface area contributed by atoms with Crippen LogP contribution in [-0.2, 0) is 32.7 Å². The number of hydrogen-bond acceptors (Lipinski definition) is 12. The fourth-order valence-electron chi connectivity index (χ4n) is 2.11. The maximum absolute atomic E-state index is 11.2. The number of rotatable bonds is 9. The molecule has 0 N–H and O–H groups in total. The largest absolute Gasteiger partial charge is 0.469 e. The van der Waals surface area contributed by atoms with Crippen molar-refractivity contribution in [2.45, 2.75) is 14.9 Å². The number of esters is 2. The number of carbonyl (C=O) groups excluding carboxylic acids is 3. The van der Waals surface area contributed by atoms with E-state index in [2.05, 4.69) is 18.5 Å². The lowest BCUT2D eigenvalue weighted by molar-refractivity contribution is -0.385. The summed E-state index contributed by atoms with van der Waals surface area (Å²) in [6.45, 7) is 0. The minimum atomic E-state index is -3.23. The molecule has 0 unspecified atom stereocenters. The summed E-state index contributed by atoms with van der Waals surface area (Å²) >= 11 is 0. The molecule has 0 aliphatic heterocycles. The summed E-state index contributed by atoms with van der Waals surface area (Å²) in [6.07, 6.45) is 2.89. The molecule has 0 fully saturated rings. The van der Waals surface area contributed by atoms with E-state index in [0.717, 1.165) is 0 Å². The van der Waals surface area contributed by atoms with E-state index in [4.69, 9.17) is 0 Å². The second-order valence-corrected chi connectivity index (χ2v) is 8.66. The second kappa shape index (κ2) is 20.8. The first kappa shape index (κ1) is 39.3. The van der Waals surface area contributed by atoms with Crippen molar-refractivity contribution < 1.29 is 47.3 Å². The van der Waals surface area contributed by atoms with Crippen LogP contribution in [0.15, 0.2) is 54.6 Å². The molecule has 0 aromatic heterocycles. The number of aldehydes is 1. The van der Waals surface area contributed by atoms with Gasteiger partial charge in [-0.2, -0.15) is 0 Å². The van der Waals surface area contributed by atoms with Crippen LogP contribution >= 0.6 is 7.60 Å². The molecule has 0 saturated carbocycles. The van der Waals surface area contributed by atoms with Crippen molar-refractivity contribution in [1.82, 2.24) is 0 Å². The second-order valence-electron chi connectivity index (χ2n) is 6.39. The first-order valence-corrected chi connectivity index (χ1v) is 11.7. The van der Waals surface area contributed by atoms with Crippen LogP contribution < -0.4 is 0 Å². The van der Waals surface area contributed by atoms with E-state index in [0.29, 0.717) is 17.4 Å². The van der Waals surface area contributed by atoms with Crippen molar-refractivity contribution in [2.75, 3.05) is 34.6 Å². The number of methoxy groups -OCH3 is 2. The van der Waals surface area contributed by atoms with E-state index in [-0.39, 0.29) is 32.4 Å². The maximum atomic E-state index is 11.2. The maximum Gasteiger partial charge on any atom is 0.341 e. The third-order valence-corrected chi connectivity index (χ3v) is 5.78. The van der Waals surface area contributed by atoms with Crippen LogP contribution in [-0.4, -0.2) is 62.7 Å². The van der Waals surface area contributed by atoms with E-state index in [1.807, 2.05) is 0 Å². The van der Waals surface area contributed by atoms with Gasteiger partial charge in [-0.15, -0.1) is 0 Å². The first-order chi connectivity index (χ1) is 17.4. The predicted octanol–water partition coefficient (Wildman–Crippen LogP) is 5.11. The lowest BCUT2D eigenvalue weighted by Gasteiger charge is -2.10. The third kappa shape index (κ3) is 16.2. The predicted molar refractivity (Wildman–Crippen MR) is 145 cm³/mol. The highest BCUT2D eigenvalue weighted by molar-refractivity contribution is 7.54. The van der Waals surface area contributed by atoms with E-state index < -0.39 is 29.4 Å². The summed E-state index contributed by atoms with van der Waals surface area (Å²) in [6, 6.07) is 11.5. The molecule has 0 aliphatic carbocycles. The first-order valence-electron chi connectivity index (χ1n) is 9.92. The minimum absolute atomic E-state index is 0. The Balaban J connectivity index is -0.000000495. The molecule has 0 bridgehead atoms. The van der Waals surface area contributed by atoms with Gasteiger partial charge < -0.3 is 18.5 Å². The normalized spacial score (nSPS) is 9.64. The Hall–Kier alpha value is -4.26. The van der Waals surface area contributed by atoms with Crippen LogP contribution in [0.1, 0.15) is 30.8 Å². The zero-order chi connectivity index (χ0) is 28.4. The molecule has 0 spiro atoms. The highest BCUT2D eigenvalue weighted by Crippen LogP contribution is 2.45. The number of nitro groups is 2. The lowest BCUT2D eigenvalue weighted by Crippen LogP contribution is -2.08. The van der Waals surface area contributed by atoms with Gasteiger partial charge in [-0.05, 0) is 11.6 Å². The van der Waals surface area contributed by atoms with Gasteiger partial charge in [-0.1, -0.05) is 39.1 Å². The summed E-state index contributed by atoms with van der Waals surface area (Å²) in [5, 5.41) is 20.6. The van der Waals surface area contributed by atoms with Crippen LogP contribution in [0.3, 0.4) is 0 Å². The average molecular weight is 573 g/mol. The van der Waals surface area contributed by atoms with Crippen molar-refractivity contribution in [2.24, 2.45) is 0 Å². The number of nitro benzene ring substituents is 2. The van der Waals surface area contributed by atoms with Crippen LogP contribution in [0, 0.1) is 20.2 Å². The molecular formula is C24H33N2O12P. The zero-order valence-corrected chi connectivity index (χ0v) is 21.2. The monoisotopic (exact) mass is 572 g/mol. The number of non-ortho nitro benzene ring substituents is 2. The summed E-state index contributed by atoms with van der Waals surface area (Å²) in [4.78, 5) is 51.1.